The molecule has 0 unspecified atom stereocenters. The normalized spacial score (nSPS) is 10.1. The van der Waals surface area contributed by atoms with E-state index in [0.29, 0.717) is 29.5 Å². The molecule has 1 aromatic heterocycles. The number of hydrogen-bond donors (Lipinski definition) is 2. The largest absolute Gasteiger partial charge is 0.467 e. The summed E-state index contributed by atoms with van der Waals surface area (Å²) in [4.78, 5) is 19.9. The van der Waals surface area contributed by atoms with Crippen LogP contribution in [0.1, 0.15) is 15.9 Å². The molecule has 0 radical (unpaired) electrons. The average molecular weight is 321 g/mol. The van der Waals surface area contributed by atoms with Crippen molar-refractivity contribution < 1.29 is 9.53 Å². The van der Waals surface area contributed by atoms with Crippen LogP contribution in [-0.4, -0.2) is 36.1 Å². The Morgan fingerprint density at radius 3 is 2.68 bits per heavy atom. The Morgan fingerprint density at radius 2 is 2.00 bits per heavy atom. The second kappa shape index (κ2) is 7.61. The number of ether oxygens (including phenoxy) is 1. The van der Waals surface area contributed by atoms with E-state index in [4.69, 9.17) is 16.3 Å². The summed E-state index contributed by atoms with van der Waals surface area (Å²) in [6.45, 7) is 2.90. The molecule has 1 aromatic carbocycles. The van der Waals surface area contributed by atoms with Gasteiger partial charge in [-0.05, 0) is 19.1 Å². The summed E-state index contributed by atoms with van der Waals surface area (Å²) in [5.41, 5.74) is 1.75. The first-order valence-corrected chi connectivity index (χ1v) is 7.13. The number of hydrogen-bond acceptors (Lipinski definition) is 5. The standard InChI is InChI=1S/C15H17ClN4O2/c1-10-3-5-11(6-4-10)14(21)18-8-7-17-13-12(16)9-19-15(20-13)22-2/h3-6,9H,7-8H2,1-2H3,(H,18,21)(H,17,19,20). The van der Waals surface area contributed by atoms with Crippen molar-refractivity contribution in [3.8, 4) is 6.01 Å². The van der Waals surface area contributed by atoms with Crippen LogP contribution in [0.3, 0.4) is 0 Å². The van der Waals surface area contributed by atoms with E-state index in [1.165, 1.54) is 13.3 Å². The summed E-state index contributed by atoms with van der Waals surface area (Å²) in [5, 5.41) is 6.24. The number of aromatic nitrogens is 2. The number of nitrogens with zero attached hydrogens (tertiary/aromatic N) is 2. The van der Waals surface area contributed by atoms with Gasteiger partial charge in [0.05, 0.1) is 13.3 Å². The highest BCUT2D eigenvalue weighted by molar-refractivity contribution is 6.32. The molecule has 0 aliphatic carbocycles. The minimum atomic E-state index is -0.117. The first-order chi connectivity index (χ1) is 10.6. The quantitative estimate of drug-likeness (QED) is 0.799. The number of benzene rings is 1. The van der Waals surface area contributed by atoms with E-state index in [1.807, 2.05) is 19.1 Å². The molecular formula is C15H17ClN4O2. The van der Waals surface area contributed by atoms with E-state index in [2.05, 4.69) is 20.6 Å². The third-order valence-corrected chi connectivity index (χ3v) is 3.20. The van der Waals surface area contributed by atoms with Crippen molar-refractivity contribution in [3.63, 3.8) is 0 Å². The fourth-order valence-electron chi connectivity index (χ4n) is 1.74. The molecule has 1 amide bonds. The Bertz CT molecular complexity index is 646. The second-order valence-corrected chi connectivity index (χ2v) is 5.01. The van der Waals surface area contributed by atoms with Crippen LogP contribution in [0, 0.1) is 6.92 Å². The Kier molecular flexibility index (Phi) is 5.55. The van der Waals surface area contributed by atoms with E-state index < -0.39 is 0 Å². The Hall–Kier alpha value is -2.34. The summed E-state index contributed by atoms with van der Waals surface area (Å²) in [6.07, 6.45) is 1.46. The van der Waals surface area contributed by atoms with Gasteiger partial charge < -0.3 is 15.4 Å². The number of anilines is 1. The summed E-state index contributed by atoms with van der Waals surface area (Å²) in [7, 11) is 1.48. The van der Waals surface area contributed by atoms with Crippen LogP contribution in [0.4, 0.5) is 5.82 Å². The smallest absolute Gasteiger partial charge is 0.318 e. The van der Waals surface area contributed by atoms with Gasteiger partial charge in [-0.2, -0.15) is 4.98 Å². The van der Waals surface area contributed by atoms with Crippen LogP contribution in [0.25, 0.3) is 0 Å². The molecule has 6 nitrogen and oxygen atoms in total. The molecule has 0 aliphatic heterocycles. The topological polar surface area (TPSA) is 76.1 Å². The minimum absolute atomic E-state index is 0.117. The first kappa shape index (κ1) is 16.0. The van der Waals surface area contributed by atoms with Crippen molar-refractivity contribution in [2.45, 2.75) is 6.92 Å². The van der Waals surface area contributed by atoms with Gasteiger partial charge in [0.2, 0.25) is 0 Å². The maximum absolute atomic E-state index is 11.9. The number of aryl methyl sites for hydroxylation is 1. The maximum atomic E-state index is 11.9. The van der Waals surface area contributed by atoms with Crippen molar-refractivity contribution in [2.24, 2.45) is 0 Å². The number of rotatable bonds is 6. The van der Waals surface area contributed by atoms with E-state index in [9.17, 15) is 4.79 Å². The molecule has 2 rings (SSSR count). The zero-order valence-corrected chi connectivity index (χ0v) is 13.1. The Labute approximate surface area is 133 Å². The lowest BCUT2D eigenvalue weighted by molar-refractivity contribution is 0.0955. The molecule has 0 spiro atoms. The summed E-state index contributed by atoms with van der Waals surface area (Å²) < 4.78 is 4.93. The molecule has 2 N–H and O–H groups in total. The molecule has 1 heterocycles. The van der Waals surface area contributed by atoms with E-state index in [0.717, 1.165) is 5.56 Å². The van der Waals surface area contributed by atoms with Crippen molar-refractivity contribution in [1.82, 2.24) is 15.3 Å². The maximum Gasteiger partial charge on any atom is 0.318 e. The number of methoxy groups -OCH3 is 1. The molecule has 116 valence electrons. The number of carbonyl (C=O) groups excluding carboxylic acids is 1. The summed E-state index contributed by atoms with van der Waals surface area (Å²) >= 11 is 5.97. The van der Waals surface area contributed by atoms with Crippen LogP contribution in [-0.2, 0) is 0 Å². The van der Waals surface area contributed by atoms with E-state index in [-0.39, 0.29) is 11.9 Å². The van der Waals surface area contributed by atoms with Gasteiger partial charge in [-0.15, -0.1) is 0 Å². The summed E-state index contributed by atoms with van der Waals surface area (Å²) in [5.74, 6) is 0.353. The third-order valence-electron chi connectivity index (χ3n) is 2.92. The van der Waals surface area contributed by atoms with Gasteiger partial charge in [0.25, 0.3) is 5.91 Å². The zero-order chi connectivity index (χ0) is 15.9. The van der Waals surface area contributed by atoms with Gasteiger partial charge >= 0.3 is 6.01 Å². The first-order valence-electron chi connectivity index (χ1n) is 6.75. The summed E-state index contributed by atoms with van der Waals surface area (Å²) in [6, 6.07) is 7.63. The number of nitrogens with one attached hydrogen (secondary N) is 2. The van der Waals surface area contributed by atoms with Gasteiger partial charge in [0.15, 0.2) is 5.82 Å². The lowest BCUT2D eigenvalue weighted by Gasteiger charge is -2.09. The van der Waals surface area contributed by atoms with Gasteiger partial charge in [0, 0.05) is 18.7 Å². The predicted octanol–water partition coefficient (Wildman–Crippen LogP) is 2.29. The zero-order valence-electron chi connectivity index (χ0n) is 12.4. The number of carbonyl (C=O) groups is 1. The van der Waals surface area contributed by atoms with Crippen LogP contribution < -0.4 is 15.4 Å². The monoisotopic (exact) mass is 320 g/mol. The van der Waals surface area contributed by atoms with Crippen LogP contribution in [0.5, 0.6) is 6.01 Å². The van der Waals surface area contributed by atoms with Crippen LogP contribution in [0.2, 0.25) is 5.02 Å². The molecule has 2 aromatic rings. The molecule has 0 saturated heterocycles. The Morgan fingerprint density at radius 1 is 1.27 bits per heavy atom. The van der Waals surface area contributed by atoms with Gasteiger partial charge in [0.1, 0.15) is 5.02 Å². The Balaban J connectivity index is 1.82. The molecule has 0 saturated carbocycles. The van der Waals surface area contributed by atoms with Crippen molar-refractivity contribution in [1.29, 1.82) is 0 Å². The minimum Gasteiger partial charge on any atom is -0.467 e. The molecular weight excluding hydrogens is 304 g/mol. The van der Waals surface area contributed by atoms with Crippen molar-refractivity contribution >= 4 is 23.3 Å². The molecule has 22 heavy (non-hydrogen) atoms. The molecule has 0 aliphatic rings. The highest BCUT2D eigenvalue weighted by atomic mass is 35.5. The fourth-order valence-corrected chi connectivity index (χ4v) is 1.90. The van der Waals surface area contributed by atoms with Crippen LogP contribution >= 0.6 is 11.6 Å². The fraction of sp³-hybridized carbons (Fsp3) is 0.267. The van der Waals surface area contributed by atoms with Crippen LogP contribution in [0.15, 0.2) is 30.5 Å². The van der Waals surface area contributed by atoms with E-state index in [1.54, 1.807) is 12.1 Å². The lowest BCUT2D eigenvalue weighted by Crippen LogP contribution is -2.28. The molecule has 0 atom stereocenters. The van der Waals surface area contributed by atoms with E-state index >= 15 is 0 Å². The molecule has 0 fully saturated rings. The van der Waals surface area contributed by atoms with Crippen molar-refractivity contribution in [3.05, 3.63) is 46.6 Å². The predicted molar refractivity (Wildman–Crippen MR) is 85.6 cm³/mol. The van der Waals surface area contributed by atoms with Gasteiger partial charge in [-0.25, -0.2) is 4.98 Å². The highest BCUT2D eigenvalue weighted by Crippen LogP contribution is 2.19. The van der Waals surface area contributed by atoms with Crippen molar-refractivity contribution in [2.75, 3.05) is 25.5 Å². The third kappa shape index (κ3) is 4.33. The average Bonchev–Trinajstić information content (AvgIpc) is 2.53. The van der Waals surface area contributed by atoms with Gasteiger partial charge in [-0.1, -0.05) is 29.3 Å². The SMILES string of the molecule is COc1ncc(Cl)c(NCCNC(=O)c2ccc(C)cc2)n1. The molecule has 0 bridgehead atoms. The number of amides is 1. The second-order valence-electron chi connectivity index (χ2n) is 4.60. The molecule has 7 heteroatoms. The van der Waals surface area contributed by atoms with Gasteiger partial charge in [-0.3, -0.25) is 4.79 Å². The number of halogens is 1. The highest BCUT2D eigenvalue weighted by Gasteiger charge is 2.06. The lowest BCUT2D eigenvalue weighted by atomic mass is 10.1.